The van der Waals surface area contributed by atoms with Gasteiger partial charge in [-0.05, 0) is 37.4 Å². The molecule has 2 unspecified atom stereocenters. The highest BCUT2D eigenvalue weighted by Crippen LogP contribution is 2.32. The molecule has 3 heterocycles. The summed E-state index contributed by atoms with van der Waals surface area (Å²) in [4.78, 5) is 28.2. The summed E-state index contributed by atoms with van der Waals surface area (Å²) in [5.74, 6) is 0.605. The Bertz CT molecular complexity index is 930. The van der Waals surface area contributed by atoms with Crippen LogP contribution in [0.3, 0.4) is 0 Å². The third-order valence-electron chi connectivity index (χ3n) is 5.30. The third kappa shape index (κ3) is 3.35. The van der Waals surface area contributed by atoms with Crippen molar-refractivity contribution in [2.24, 2.45) is 17.6 Å². The second kappa shape index (κ2) is 7.27. The van der Waals surface area contributed by atoms with E-state index in [2.05, 4.69) is 15.6 Å². The molecule has 2 fully saturated rings. The van der Waals surface area contributed by atoms with E-state index < -0.39 is 5.91 Å². The maximum Gasteiger partial charge on any atom is 0.252 e. The molecule has 0 saturated carbocycles. The van der Waals surface area contributed by atoms with Crippen LogP contribution in [0.15, 0.2) is 24.4 Å². The average molecular weight is 384 g/mol. The molecule has 0 spiro atoms. The first-order valence-corrected chi connectivity index (χ1v) is 9.47. The SMILES string of the molecule is CC(C)Oc1cc2c(OC[C@H]3NC(=O)C4CNCC43)nccc2cc1C(N)=O. The van der Waals surface area contributed by atoms with Crippen LogP contribution >= 0.6 is 0 Å². The minimum atomic E-state index is -0.551. The molecule has 28 heavy (non-hydrogen) atoms. The first-order chi connectivity index (χ1) is 13.4. The second-order valence-electron chi connectivity index (χ2n) is 7.57. The molecule has 2 aliphatic rings. The van der Waals surface area contributed by atoms with Crippen molar-refractivity contribution in [1.29, 1.82) is 0 Å². The molecule has 8 nitrogen and oxygen atoms in total. The van der Waals surface area contributed by atoms with Gasteiger partial charge in [-0.3, -0.25) is 9.59 Å². The molecule has 2 aromatic rings. The lowest BCUT2D eigenvalue weighted by atomic mass is 9.94. The molecule has 4 rings (SSSR count). The van der Waals surface area contributed by atoms with E-state index in [-0.39, 0.29) is 29.9 Å². The number of nitrogens with one attached hydrogen (secondary N) is 2. The number of primary amides is 1. The largest absolute Gasteiger partial charge is 0.490 e. The minimum Gasteiger partial charge on any atom is -0.490 e. The lowest BCUT2D eigenvalue weighted by Gasteiger charge is -2.19. The van der Waals surface area contributed by atoms with Gasteiger partial charge in [-0.2, -0.15) is 0 Å². The van der Waals surface area contributed by atoms with Gasteiger partial charge >= 0.3 is 0 Å². The summed E-state index contributed by atoms with van der Waals surface area (Å²) in [6, 6.07) is 5.17. The van der Waals surface area contributed by atoms with E-state index in [4.69, 9.17) is 15.2 Å². The number of amides is 2. The fourth-order valence-electron chi connectivity index (χ4n) is 3.97. The molecule has 0 aliphatic carbocycles. The predicted octanol–water partition coefficient (Wildman–Crippen LogP) is 0.834. The van der Waals surface area contributed by atoms with Crippen molar-refractivity contribution < 1.29 is 19.1 Å². The number of ether oxygens (including phenoxy) is 2. The molecule has 1 aromatic carbocycles. The summed E-state index contributed by atoms with van der Waals surface area (Å²) in [5.41, 5.74) is 5.83. The smallest absolute Gasteiger partial charge is 0.252 e. The normalized spacial score (nSPS) is 23.7. The average Bonchev–Trinajstić information content (AvgIpc) is 3.23. The summed E-state index contributed by atoms with van der Waals surface area (Å²) in [7, 11) is 0. The van der Waals surface area contributed by atoms with E-state index in [1.807, 2.05) is 13.8 Å². The monoisotopic (exact) mass is 384 g/mol. The summed E-state index contributed by atoms with van der Waals surface area (Å²) in [6.07, 6.45) is 1.51. The Hall–Kier alpha value is -2.87. The maximum atomic E-state index is 12.1. The molecule has 2 amide bonds. The molecule has 2 aliphatic heterocycles. The van der Waals surface area contributed by atoms with E-state index in [0.717, 1.165) is 17.3 Å². The van der Waals surface area contributed by atoms with Gasteiger partial charge in [0.25, 0.3) is 5.91 Å². The van der Waals surface area contributed by atoms with Crippen molar-refractivity contribution in [2.45, 2.75) is 26.0 Å². The van der Waals surface area contributed by atoms with Gasteiger partial charge in [-0.25, -0.2) is 4.98 Å². The molecule has 3 atom stereocenters. The lowest BCUT2D eigenvalue weighted by Crippen LogP contribution is -2.37. The van der Waals surface area contributed by atoms with Crippen molar-refractivity contribution in [3.05, 3.63) is 30.0 Å². The van der Waals surface area contributed by atoms with Gasteiger partial charge in [0, 0.05) is 30.6 Å². The molecule has 8 heteroatoms. The van der Waals surface area contributed by atoms with Crippen molar-refractivity contribution in [2.75, 3.05) is 19.7 Å². The van der Waals surface area contributed by atoms with Gasteiger partial charge in [0.1, 0.15) is 12.4 Å². The maximum absolute atomic E-state index is 12.1. The zero-order chi connectivity index (χ0) is 19.8. The summed E-state index contributed by atoms with van der Waals surface area (Å²) in [6.45, 7) is 5.60. The Morgan fingerprint density at radius 3 is 2.93 bits per heavy atom. The van der Waals surface area contributed by atoms with Crippen LogP contribution in [0.4, 0.5) is 0 Å². The second-order valence-corrected chi connectivity index (χ2v) is 7.57. The van der Waals surface area contributed by atoms with Crippen LogP contribution in [-0.4, -0.2) is 48.6 Å². The van der Waals surface area contributed by atoms with Crippen molar-refractivity contribution in [3.8, 4) is 11.6 Å². The summed E-state index contributed by atoms with van der Waals surface area (Å²) >= 11 is 0. The fraction of sp³-hybridized carbons (Fsp3) is 0.450. The molecular formula is C20H24N4O4. The number of carbonyl (C=O) groups excluding carboxylic acids is 2. The molecule has 4 N–H and O–H groups in total. The van der Waals surface area contributed by atoms with Gasteiger partial charge in [0.15, 0.2) is 0 Å². The number of hydrogen-bond donors (Lipinski definition) is 3. The number of hydrogen-bond acceptors (Lipinski definition) is 6. The highest BCUT2D eigenvalue weighted by Gasteiger charge is 2.45. The number of benzene rings is 1. The van der Waals surface area contributed by atoms with Crippen LogP contribution in [0.2, 0.25) is 0 Å². The fourth-order valence-corrected chi connectivity index (χ4v) is 3.97. The summed E-state index contributed by atoms with van der Waals surface area (Å²) < 4.78 is 11.8. The van der Waals surface area contributed by atoms with Gasteiger partial charge in [0.05, 0.1) is 23.6 Å². The Labute approximate surface area is 162 Å². The first kappa shape index (κ1) is 18.5. The number of fused-ring (bicyclic) bond motifs is 2. The molecule has 148 valence electrons. The van der Waals surface area contributed by atoms with E-state index in [1.54, 1.807) is 24.4 Å². The number of pyridine rings is 1. The van der Waals surface area contributed by atoms with Crippen LogP contribution in [-0.2, 0) is 4.79 Å². The number of carbonyl (C=O) groups is 2. The molecule has 0 radical (unpaired) electrons. The predicted molar refractivity (Wildman–Crippen MR) is 103 cm³/mol. The van der Waals surface area contributed by atoms with Crippen LogP contribution in [0, 0.1) is 11.8 Å². The molecular weight excluding hydrogens is 360 g/mol. The standard InChI is InChI=1S/C20H24N4O4/c1-10(2)28-17-6-12-11(5-13(17)18(21)25)3-4-23-20(12)27-9-16-14-7-22-8-15(14)19(26)24-16/h3-6,10,14-16,22H,7-9H2,1-2H3,(H2,21,25)(H,24,26)/t14?,15?,16-/m1/s1. The lowest BCUT2D eigenvalue weighted by molar-refractivity contribution is -0.122. The Balaban J connectivity index is 1.62. The number of rotatable bonds is 6. The topological polar surface area (TPSA) is 116 Å². The van der Waals surface area contributed by atoms with Gasteiger partial charge in [0.2, 0.25) is 11.8 Å². The van der Waals surface area contributed by atoms with Crippen LogP contribution in [0.25, 0.3) is 10.8 Å². The van der Waals surface area contributed by atoms with Crippen molar-refractivity contribution in [1.82, 2.24) is 15.6 Å². The highest BCUT2D eigenvalue weighted by molar-refractivity contribution is 6.01. The van der Waals surface area contributed by atoms with Gasteiger partial charge in [-0.15, -0.1) is 0 Å². The highest BCUT2D eigenvalue weighted by atomic mass is 16.5. The van der Waals surface area contributed by atoms with E-state index in [9.17, 15) is 9.59 Å². The zero-order valence-corrected chi connectivity index (χ0v) is 15.9. The quantitative estimate of drug-likeness (QED) is 0.680. The van der Waals surface area contributed by atoms with Crippen molar-refractivity contribution >= 4 is 22.6 Å². The minimum absolute atomic E-state index is 0.0123. The summed E-state index contributed by atoms with van der Waals surface area (Å²) in [5, 5.41) is 7.79. The number of nitrogens with zero attached hydrogens (tertiary/aromatic N) is 1. The van der Waals surface area contributed by atoms with Crippen molar-refractivity contribution in [3.63, 3.8) is 0 Å². The Morgan fingerprint density at radius 1 is 1.36 bits per heavy atom. The van der Waals surface area contributed by atoms with E-state index in [1.165, 1.54) is 0 Å². The first-order valence-electron chi connectivity index (χ1n) is 9.47. The number of aromatic nitrogens is 1. The molecule has 2 saturated heterocycles. The van der Waals surface area contributed by atoms with E-state index >= 15 is 0 Å². The molecule has 1 aromatic heterocycles. The third-order valence-corrected chi connectivity index (χ3v) is 5.30. The zero-order valence-electron chi connectivity index (χ0n) is 15.9. The van der Waals surface area contributed by atoms with Crippen LogP contribution in [0.5, 0.6) is 11.6 Å². The number of nitrogens with two attached hydrogens (primary N) is 1. The van der Waals surface area contributed by atoms with Gasteiger partial charge < -0.3 is 25.8 Å². The van der Waals surface area contributed by atoms with Gasteiger partial charge in [-0.1, -0.05) is 0 Å². The molecule has 0 bridgehead atoms. The Morgan fingerprint density at radius 2 is 2.18 bits per heavy atom. The van der Waals surface area contributed by atoms with E-state index in [0.29, 0.717) is 30.3 Å². The van der Waals surface area contributed by atoms with Crippen LogP contribution in [0.1, 0.15) is 24.2 Å². The van der Waals surface area contributed by atoms with Crippen LogP contribution < -0.4 is 25.8 Å². The Kier molecular flexibility index (Phi) is 4.80.